The summed E-state index contributed by atoms with van der Waals surface area (Å²) >= 11 is 0. The second kappa shape index (κ2) is 3.88. The molecule has 14 heavy (non-hydrogen) atoms. The second-order valence-electron chi connectivity index (χ2n) is 3.96. The predicted molar refractivity (Wildman–Crippen MR) is 45.9 cm³/mol. The zero-order chi connectivity index (χ0) is 10.9. The molecule has 1 rings (SSSR count). The Morgan fingerprint density at radius 1 is 1.36 bits per heavy atom. The molecule has 0 radical (unpaired) electrons. The fourth-order valence-corrected chi connectivity index (χ4v) is 1.91. The van der Waals surface area contributed by atoms with Gasteiger partial charge in [0.1, 0.15) is 5.78 Å². The Bertz CT molecular complexity index is 225. The van der Waals surface area contributed by atoms with Gasteiger partial charge in [-0.2, -0.15) is 13.2 Å². The number of carbonyl (C=O) groups is 1. The molecule has 1 aliphatic carbocycles. The molecular weight excluding hydrogens is 195 g/mol. The molecule has 1 fully saturated rings. The topological polar surface area (TPSA) is 20.3 Å². The van der Waals surface area contributed by atoms with Crippen molar-refractivity contribution in [3.63, 3.8) is 0 Å². The van der Waals surface area contributed by atoms with Crippen LogP contribution < -0.4 is 0 Å². The third-order valence-corrected chi connectivity index (χ3v) is 2.72. The normalized spacial score (nSPS) is 29.7. The van der Waals surface area contributed by atoms with Crippen molar-refractivity contribution in [1.29, 1.82) is 0 Å². The van der Waals surface area contributed by atoms with E-state index in [9.17, 15) is 18.0 Å². The van der Waals surface area contributed by atoms with Crippen LogP contribution in [-0.2, 0) is 4.79 Å². The number of rotatable bonds is 1. The molecule has 5 heteroatoms. The first kappa shape index (κ1) is 11.5. The number of Topliss-reactive ketones (excluding diaryl/α,β-unsaturated/α-hetero) is 1. The number of hydrogen-bond donors (Lipinski definition) is 0. The maximum absolute atomic E-state index is 12.5. The largest absolute Gasteiger partial charge is 0.393 e. The van der Waals surface area contributed by atoms with E-state index in [0.29, 0.717) is 0 Å². The minimum Gasteiger partial charge on any atom is -0.305 e. The van der Waals surface area contributed by atoms with Crippen molar-refractivity contribution < 1.29 is 18.0 Å². The summed E-state index contributed by atoms with van der Waals surface area (Å²) in [4.78, 5) is 12.6. The molecule has 0 heterocycles. The lowest BCUT2D eigenvalue weighted by atomic mass is 9.82. The Labute approximate surface area is 81.1 Å². The summed E-state index contributed by atoms with van der Waals surface area (Å²) in [5, 5.41) is 0. The Balaban J connectivity index is 2.78. The van der Waals surface area contributed by atoms with Gasteiger partial charge in [0.15, 0.2) is 0 Å². The Morgan fingerprint density at radius 2 is 1.93 bits per heavy atom. The van der Waals surface area contributed by atoms with Crippen molar-refractivity contribution in [3.8, 4) is 0 Å². The lowest BCUT2D eigenvalue weighted by Crippen LogP contribution is -2.46. The van der Waals surface area contributed by atoms with Crippen LogP contribution in [0.2, 0.25) is 0 Å². The van der Waals surface area contributed by atoms with Crippen LogP contribution in [0.25, 0.3) is 0 Å². The van der Waals surface area contributed by atoms with Gasteiger partial charge in [-0.1, -0.05) is 0 Å². The highest BCUT2D eigenvalue weighted by Crippen LogP contribution is 2.38. The van der Waals surface area contributed by atoms with Gasteiger partial charge in [-0.3, -0.25) is 4.79 Å². The van der Waals surface area contributed by atoms with Crippen LogP contribution in [0.5, 0.6) is 0 Å². The minimum absolute atomic E-state index is 0.0250. The molecule has 1 aliphatic rings. The highest BCUT2D eigenvalue weighted by molar-refractivity contribution is 5.79. The zero-order valence-electron chi connectivity index (χ0n) is 8.27. The van der Waals surface area contributed by atoms with Crippen LogP contribution in [0.3, 0.4) is 0 Å². The molecule has 0 aromatic carbocycles. The minimum atomic E-state index is -4.18. The molecule has 0 aliphatic heterocycles. The van der Waals surface area contributed by atoms with Crippen LogP contribution in [0.4, 0.5) is 13.2 Å². The summed E-state index contributed by atoms with van der Waals surface area (Å²) in [5.41, 5.74) is 0. The van der Waals surface area contributed by atoms with Crippen LogP contribution in [0.1, 0.15) is 19.3 Å². The fourth-order valence-electron chi connectivity index (χ4n) is 1.91. The zero-order valence-corrected chi connectivity index (χ0v) is 8.27. The smallest absolute Gasteiger partial charge is 0.305 e. The van der Waals surface area contributed by atoms with Gasteiger partial charge in [-0.25, -0.2) is 0 Å². The average Bonchev–Trinajstić information content (AvgIpc) is 2.01. The van der Waals surface area contributed by atoms with Gasteiger partial charge in [0, 0.05) is 18.9 Å². The molecule has 0 saturated heterocycles. The molecule has 0 amide bonds. The molecule has 0 aromatic heterocycles. The molecule has 0 bridgehead atoms. The van der Waals surface area contributed by atoms with Crippen molar-refractivity contribution in [2.45, 2.75) is 31.5 Å². The van der Waals surface area contributed by atoms with Crippen molar-refractivity contribution in [1.82, 2.24) is 4.90 Å². The van der Waals surface area contributed by atoms with Crippen LogP contribution >= 0.6 is 0 Å². The van der Waals surface area contributed by atoms with Crippen molar-refractivity contribution in [3.05, 3.63) is 0 Å². The molecule has 0 aromatic rings. The molecule has 82 valence electrons. The number of carbonyl (C=O) groups excluding carboxylic acids is 1. The van der Waals surface area contributed by atoms with Crippen LogP contribution in [-0.4, -0.2) is 37.0 Å². The Hall–Kier alpha value is -0.580. The lowest BCUT2D eigenvalue weighted by molar-refractivity contribution is -0.196. The summed E-state index contributed by atoms with van der Waals surface area (Å²) < 4.78 is 37.6. The monoisotopic (exact) mass is 209 g/mol. The van der Waals surface area contributed by atoms with Gasteiger partial charge in [0.2, 0.25) is 0 Å². The number of halogens is 3. The van der Waals surface area contributed by atoms with Crippen molar-refractivity contribution in [2.24, 2.45) is 5.92 Å². The Morgan fingerprint density at radius 3 is 2.36 bits per heavy atom. The number of nitrogens with zero attached hydrogens (tertiary/aromatic N) is 1. The first-order valence-corrected chi connectivity index (χ1v) is 4.57. The number of ketones is 1. The van der Waals surface area contributed by atoms with Gasteiger partial charge in [0.05, 0.1) is 5.92 Å². The summed E-state index contributed by atoms with van der Waals surface area (Å²) in [5.74, 6) is -1.42. The third-order valence-electron chi connectivity index (χ3n) is 2.72. The van der Waals surface area contributed by atoms with E-state index in [1.54, 1.807) is 14.1 Å². The molecule has 2 atom stereocenters. The van der Waals surface area contributed by atoms with E-state index >= 15 is 0 Å². The van der Waals surface area contributed by atoms with Crippen LogP contribution in [0.15, 0.2) is 0 Å². The Kier molecular flexibility index (Phi) is 3.19. The number of hydrogen-bond acceptors (Lipinski definition) is 2. The van der Waals surface area contributed by atoms with Gasteiger partial charge >= 0.3 is 6.18 Å². The third kappa shape index (κ3) is 2.47. The standard InChI is InChI=1S/C9H14F3NO/c1-13(2)8-5-6(14)3-4-7(8)9(10,11)12/h7-8H,3-5H2,1-2H3. The summed E-state index contributed by atoms with van der Waals surface area (Å²) in [7, 11) is 3.17. The average molecular weight is 209 g/mol. The van der Waals surface area contributed by atoms with E-state index < -0.39 is 18.1 Å². The summed E-state index contributed by atoms with van der Waals surface area (Å²) in [6.45, 7) is 0. The fraction of sp³-hybridized carbons (Fsp3) is 0.889. The second-order valence-corrected chi connectivity index (χ2v) is 3.96. The van der Waals surface area contributed by atoms with E-state index in [0.717, 1.165) is 0 Å². The van der Waals surface area contributed by atoms with E-state index in [2.05, 4.69) is 0 Å². The van der Waals surface area contributed by atoms with Gasteiger partial charge in [-0.15, -0.1) is 0 Å². The summed E-state index contributed by atoms with van der Waals surface area (Å²) in [6, 6.07) is -0.684. The van der Waals surface area contributed by atoms with Crippen LogP contribution in [0, 0.1) is 5.92 Å². The van der Waals surface area contributed by atoms with E-state index in [1.807, 2.05) is 0 Å². The van der Waals surface area contributed by atoms with E-state index in [-0.39, 0.29) is 25.0 Å². The van der Waals surface area contributed by atoms with Crippen molar-refractivity contribution in [2.75, 3.05) is 14.1 Å². The van der Waals surface area contributed by atoms with E-state index in [1.165, 1.54) is 4.90 Å². The van der Waals surface area contributed by atoms with Gasteiger partial charge in [-0.05, 0) is 20.5 Å². The quantitative estimate of drug-likeness (QED) is 0.656. The first-order chi connectivity index (χ1) is 6.32. The first-order valence-electron chi connectivity index (χ1n) is 4.57. The summed E-state index contributed by atoms with van der Waals surface area (Å²) in [6.07, 6.45) is -4.16. The SMILES string of the molecule is CN(C)C1CC(=O)CCC1C(F)(F)F. The molecule has 1 saturated carbocycles. The molecule has 2 nitrogen and oxygen atoms in total. The maximum Gasteiger partial charge on any atom is 0.393 e. The maximum atomic E-state index is 12.5. The molecule has 0 N–H and O–H groups in total. The highest BCUT2D eigenvalue weighted by atomic mass is 19.4. The highest BCUT2D eigenvalue weighted by Gasteiger charge is 2.47. The molecular formula is C9H14F3NO. The predicted octanol–water partition coefficient (Wildman–Crippen LogP) is 1.85. The van der Waals surface area contributed by atoms with Crippen molar-refractivity contribution >= 4 is 5.78 Å². The molecule has 0 spiro atoms. The van der Waals surface area contributed by atoms with Gasteiger partial charge < -0.3 is 4.90 Å². The lowest BCUT2D eigenvalue weighted by Gasteiger charge is -2.36. The van der Waals surface area contributed by atoms with Gasteiger partial charge in [0.25, 0.3) is 0 Å². The molecule has 2 unspecified atom stereocenters. The number of alkyl halides is 3. The van der Waals surface area contributed by atoms with E-state index in [4.69, 9.17) is 0 Å².